The Bertz CT molecular complexity index is 1770. The van der Waals surface area contributed by atoms with Crippen LogP contribution >= 0.6 is 46.4 Å². The Balaban J connectivity index is 1.84. The van der Waals surface area contributed by atoms with E-state index < -0.39 is 34.4 Å². The molecule has 0 aromatic heterocycles. The quantitative estimate of drug-likeness (QED) is 0.152. The van der Waals surface area contributed by atoms with Gasteiger partial charge in [-0.1, -0.05) is 121 Å². The van der Waals surface area contributed by atoms with Gasteiger partial charge in [0.1, 0.15) is 12.6 Å². The van der Waals surface area contributed by atoms with E-state index >= 15 is 0 Å². The standard InChI is InChI=1S/C34H33Cl4N3O4S/c1-23(2)20-39-34(43)31(18-24-10-5-3-6-11-24)40(21-25-16-17-26(35)19-29(25)37)32(42)22-41(30-15-9-14-28(36)33(30)38)46(44,45)27-12-7-4-8-13-27/h3-17,19,23,31H,18,20-22H2,1-2H3,(H,39,43)/t31-/m1/s1. The highest BCUT2D eigenvalue weighted by Crippen LogP contribution is 2.36. The van der Waals surface area contributed by atoms with Crippen molar-refractivity contribution < 1.29 is 18.0 Å². The highest BCUT2D eigenvalue weighted by Gasteiger charge is 2.35. The average Bonchev–Trinajstić information content (AvgIpc) is 3.03. The molecule has 4 aromatic rings. The molecule has 2 amide bonds. The minimum atomic E-state index is -4.34. The van der Waals surface area contributed by atoms with Gasteiger partial charge in [-0.15, -0.1) is 0 Å². The van der Waals surface area contributed by atoms with Gasteiger partial charge in [0.05, 0.1) is 20.6 Å². The van der Waals surface area contributed by atoms with Gasteiger partial charge in [0.2, 0.25) is 11.8 Å². The number of anilines is 1. The molecule has 12 heteroatoms. The van der Waals surface area contributed by atoms with Gasteiger partial charge >= 0.3 is 0 Å². The molecule has 0 aliphatic rings. The van der Waals surface area contributed by atoms with Crippen molar-refractivity contribution in [1.29, 1.82) is 0 Å². The zero-order valence-electron chi connectivity index (χ0n) is 25.2. The normalized spacial score (nSPS) is 12.1. The van der Waals surface area contributed by atoms with Gasteiger partial charge in [-0.2, -0.15) is 0 Å². The maximum absolute atomic E-state index is 14.6. The Morgan fingerprint density at radius 1 is 0.804 bits per heavy atom. The number of carbonyl (C=O) groups excluding carboxylic acids is 2. The molecule has 0 aliphatic heterocycles. The number of hydrogen-bond donors (Lipinski definition) is 1. The molecule has 0 saturated carbocycles. The number of benzene rings is 4. The van der Waals surface area contributed by atoms with Gasteiger partial charge in [-0.25, -0.2) is 8.42 Å². The first-order valence-electron chi connectivity index (χ1n) is 14.4. The van der Waals surface area contributed by atoms with E-state index in [1.165, 1.54) is 29.2 Å². The third-order valence-corrected chi connectivity index (χ3v) is 10.3. The molecule has 7 nitrogen and oxygen atoms in total. The number of carbonyl (C=O) groups is 2. The van der Waals surface area contributed by atoms with Crippen molar-refractivity contribution in [3.8, 4) is 0 Å². The lowest BCUT2D eigenvalue weighted by Crippen LogP contribution is -2.53. The van der Waals surface area contributed by atoms with Crippen LogP contribution in [0.5, 0.6) is 0 Å². The topological polar surface area (TPSA) is 86.8 Å². The number of halogens is 4. The molecule has 0 fully saturated rings. The molecule has 0 bridgehead atoms. The van der Waals surface area contributed by atoms with Crippen LogP contribution in [0.15, 0.2) is 102 Å². The van der Waals surface area contributed by atoms with E-state index in [1.807, 2.05) is 44.2 Å². The summed E-state index contributed by atoms with van der Waals surface area (Å²) in [7, 11) is -4.34. The van der Waals surface area contributed by atoms with Crippen LogP contribution in [0.25, 0.3) is 0 Å². The number of amides is 2. The van der Waals surface area contributed by atoms with Gasteiger partial charge in [0, 0.05) is 29.6 Å². The molecule has 1 N–H and O–H groups in total. The van der Waals surface area contributed by atoms with Gasteiger partial charge < -0.3 is 10.2 Å². The molecule has 0 spiro atoms. The third kappa shape index (κ3) is 8.96. The second-order valence-electron chi connectivity index (χ2n) is 11.0. The minimum Gasteiger partial charge on any atom is -0.354 e. The lowest BCUT2D eigenvalue weighted by molar-refractivity contribution is -0.140. The Hall–Kier alpha value is -3.27. The van der Waals surface area contributed by atoms with Crippen LogP contribution in [-0.2, 0) is 32.6 Å². The zero-order valence-corrected chi connectivity index (χ0v) is 29.0. The average molecular weight is 722 g/mol. The highest BCUT2D eigenvalue weighted by atomic mass is 35.5. The fourth-order valence-electron chi connectivity index (χ4n) is 4.73. The summed E-state index contributed by atoms with van der Waals surface area (Å²) in [5.41, 5.74) is 1.34. The summed E-state index contributed by atoms with van der Waals surface area (Å²) in [5.74, 6) is -0.913. The van der Waals surface area contributed by atoms with Crippen LogP contribution in [0.3, 0.4) is 0 Å². The van der Waals surface area contributed by atoms with Gasteiger partial charge in [0.25, 0.3) is 10.0 Å². The molecule has 242 valence electrons. The molecular formula is C34H33Cl4N3O4S. The predicted molar refractivity (Wildman–Crippen MR) is 186 cm³/mol. The molecule has 0 aliphatic carbocycles. The van der Waals surface area contributed by atoms with Crippen LogP contribution in [-0.4, -0.2) is 44.3 Å². The fraction of sp³-hybridized carbons (Fsp3) is 0.235. The zero-order chi connectivity index (χ0) is 33.4. The van der Waals surface area contributed by atoms with Crippen LogP contribution in [0.4, 0.5) is 5.69 Å². The van der Waals surface area contributed by atoms with Crippen molar-refractivity contribution in [3.05, 3.63) is 128 Å². The van der Waals surface area contributed by atoms with E-state index in [1.54, 1.807) is 42.5 Å². The first-order valence-corrected chi connectivity index (χ1v) is 17.4. The Morgan fingerprint density at radius 3 is 2.09 bits per heavy atom. The monoisotopic (exact) mass is 719 g/mol. The maximum Gasteiger partial charge on any atom is 0.264 e. The lowest BCUT2D eigenvalue weighted by Gasteiger charge is -2.34. The van der Waals surface area contributed by atoms with Crippen molar-refractivity contribution in [3.63, 3.8) is 0 Å². The molecule has 0 heterocycles. The van der Waals surface area contributed by atoms with Crippen molar-refractivity contribution in [2.24, 2.45) is 5.92 Å². The number of sulfonamides is 1. The van der Waals surface area contributed by atoms with Crippen LogP contribution < -0.4 is 9.62 Å². The molecule has 4 aromatic carbocycles. The first kappa shape index (κ1) is 35.6. The lowest BCUT2D eigenvalue weighted by atomic mass is 10.0. The summed E-state index contributed by atoms with van der Waals surface area (Å²) in [6.45, 7) is 3.50. The van der Waals surface area contributed by atoms with E-state index in [0.717, 1.165) is 9.87 Å². The SMILES string of the molecule is CC(C)CNC(=O)[C@@H](Cc1ccccc1)N(Cc1ccc(Cl)cc1Cl)C(=O)CN(c1cccc(Cl)c1Cl)S(=O)(=O)c1ccccc1. The van der Waals surface area contributed by atoms with E-state index in [0.29, 0.717) is 17.1 Å². The fourth-order valence-corrected chi connectivity index (χ4v) is 7.09. The molecule has 0 unspecified atom stereocenters. The van der Waals surface area contributed by atoms with Crippen LogP contribution in [0.2, 0.25) is 20.1 Å². The molecule has 4 rings (SSSR count). The second kappa shape index (κ2) is 16.0. The van der Waals surface area contributed by atoms with Gasteiger partial charge in [-0.05, 0) is 53.4 Å². The van der Waals surface area contributed by atoms with E-state index in [9.17, 15) is 18.0 Å². The molecule has 1 atom stereocenters. The summed E-state index contributed by atoms with van der Waals surface area (Å²) in [6, 6.07) is 25.3. The van der Waals surface area contributed by atoms with E-state index in [4.69, 9.17) is 46.4 Å². The smallest absolute Gasteiger partial charge is 0.264 e. The Labute approximate surface area is 290 Å². The molecule has 46 heavy (non-hydrogen) atoms. The van der Waals surface area contributed by atoms with Crippen molar-refractivity contribution in [2.75, 3.05) is 17.4 Å². The van der Waals surface area contributed by atoms with E-state index in [2.05, 4.69) is 5.32 Å². The largest absolute Gasteiger partial charge is 0.354 e. The second-order valence-corrected chi connectivity index (χ2v) is 14.5. The summed E-state index contributed by atoms with van der Waals surface area (Å²) >= 11 is 25.6. The number of rotatable bonds is 13. The van der Waals surface area contributed by atoms with Crippen LogP contribution in [0, 0.1) is 5.92 Å². The summed E-state index contributed by atoms with van der Waals surface area (Å²) in [5, 5.41) is 3.71. The Kier molecular flexibility index (Phi) is 12.4. The molecule has 0 saturated heterocycles. The van der Waals surface area contributed by atoms with Crippen LogP contribution in [0.1, 0.15) is 25.0 Å². The van der Waals surface area contributed by atoms with Crippen molar-refractivity contribution in [2.45, 2.75) is 37.8 Å². The predicted octanol–water partition coefficient (Wildman–Crippen LogP) is 7.91. The molecular weight excluding hydrogens is 688 g/mol. The number of nitrogens with zero attached hydrogens (tertiary/aromatic N) is 2. The Morgan fingerprint density at radius 2 is 1.46 bits per heavy atom. The number of nitrogens with one attached hydrogen (secondary N) is 1. The summed E-state index contributed by atoms with van der Waals surface area (Å²) in [4.78, 5) is 29.7. The highest BCUT2D eigenvalue weighted by molar-refractivity contribution is 7.92. The van der Waals surface area contributed by atoms with Gasteiger partial charge in [-0.3, -0.25) is 13.9 Å². The minimum absolute atomic E-state index is 0.0136. The third-order valence-electron chi connectivity index (χ3n) is 7.12. The van der Waals surface area contributed by atoms with Gasteiger partial charge in [0.15, 0.2) is 0 Å². The van der Waals surface area contributed by atoms with Crippen molar-refractivity contribution >= 4 is 73.9 Å². The first-order chi connectivity index (χ1) is 21.9. The summed E-state index contributed by atoms with van der Waals surface area (Å²) in [6.07, 6.45) is 0.158. The summed E-state index contributed by atoms with van der Waals surface area (Å²) < 4.78 is 29.1. The number of hydrogen-bond acceptors (Lipinski definition) is 4. The molecule has 0 radical (unpaired) electrons. The van der Waals surface area contributed by atoms with Crippen molar-refractivity contribution in [1.82, 2.24) is 10.2 Å². The van der Waals surface area contributed by atoms with E-state index in [-0.39, 0.29) is 44.5 Å². The maximum atomic E-state index is 14.6.